The number of rotatable bonds is 6. The molecular weight excluding hydrogens is 300 g/mol. The van der Waals surface area contributed by atoms with E-state index >= 15 is 0 Å². The van der Waals surface area contributed by atoms with Gasteiger partial charge in [-0.05, 0) is 50.8 Å². The van der Waals surface area contributed by atoms with E-state index in [9.17, 15) is 4.79 Å². The van der Waals surface area contributed by atoms with Gasteiger partial charge in [-0.15, -0.1) is 12.4 Å². The number of halogens is 1. The average molecular weight is 329 g/mol. The molecule has 0 spiro atoms. The van der Waals surface area contributed by atoms with Crippen LogP contribution in [0.2, 0.25) is 0 Å². The Labute approximate surface area is 140 Å². The molecule has 5 heteroatoms. The van der Waals surface area contributed by atoms with Crippen LogP contribution in [0.1, 0.15) is 51.7 Å². The molecule has 0 aromatic heterocycles. The van der Waals surface area contributed by atoms with Gasteiger partial charge in [-0.3, -0.25) is 4.79 Å². The largest absolute Gasteiger partial charge is 0.481 e. The van der Waals surface area contributed by atoms with E-state index in [1.807, 2.05) is 26.8 Å². The molecule has 1 aromatic rings. The first-order valence-corrected chi connectivity index (χ1v) is 7.44. The molecule has 0 heterocycles. The van der Waals surface area contributed by atoms with Crippen LogP contribution in [0.5, 0.6) is 5.75 Å². The molecule has 22 heavy (non-hydrogen) atoms. The van der Waals surface area contributed by atoms with Crippen LogP contribution >= 0.6 is 12.4 Å². The summed E-state index contributed by atoms with van der Waals surface area (Å²) in [6.45, 7) is 12.2. The lowest BCUT2D eigenvalue weighted by molar-refractivity contribution is -0.127. The fourth-order valence-corrected chi connectivity index (χ4v) is 1.92. The number of carbonyl (C=O) groups excluding carboxylic acids is 1. The summed E-state index contributed by atoms with van der Waals surface area (Å²) in [5.41, 5.74) is 7.66. The third-order valence-electron chi connectivity index (χ3n) is 3.18. The molecular formula is C17H29ClN2O2. The van der Waals surface area contributed by atoms with Crippen molar-refractivity contribution in [3.63, 3.8) is 0 Å². The van der Waals surface area contributed by atoms with E-state index < -0.39 is 11.6 Å². The standard InChI is InChI=1S/C17H28N2O2.ClH/c1-11(2)14-8-7-12(3)9-15(14)21-13(4)16(20)19-10-17(5,6)18;/h7-9,11,13H,10,18H2,1-6H3,(H,19,20);1H. The van der Waals surface area contributed by atoms with Crippen molar-refractivity contribution in [1.82, 2.24) is 5.32 Å². The van der Waals surface area contributed by atoms with Gasteiger partial charge >= 0.3 is 0 Å². The van der Waals surface area contributed by atoms with Crippen molar-refractivity contribution in [3.8, 4) is 5.75 Å². The molecule has 1 atom stereocenters. The molecule has 4 nitrogen and oxygen atoms in total. The number of hydrogen-bond acceptors (Lipinski definition) is 3. The predicted molar refractivity (Wildman–Crippen MR) is 93.9 cm³/mol. The zero-order chi connectivity index (χ0) is 16.2. The number of benzene rings is 1. The first kappa shape index (κ1) is 20.7. The summed E-state index contributed by atoms with van der Waals surface area (Å²) in [6, 6.07) is 6.10. The van der Waals surface area contributed by atoms with E-state index in [1.165, 1.54) is 0 Å². The summed E-state index contributed by atoms with van der Waals surface area (Å²) in [5, 5.41) is 2.82. The van der Waals surface area contributed by atoms with Crippen LogP contribution in [0, 0.1) is 6.92 Å². The average Bonchev–Trinajstić information content (AvgIpc) is 2.34. The molecule has 0 radical (unpaired) electrons. The Morgan fingerprint density at radius 3 is 2.41 bits per heavy atom. The zero-order valence-corrected chi connectivity index (χ0v) is 15.2. The number of hydrogen-bond donors (Lipinski definition) is 2. The first-order valence-electron chi connectivity index (χ1n) is 7.44. The highest BCUT2D eigenvalue weighted by atomic mass is 35.5. The Balaban J connectivity index is 0.00000441. The summed E-state index contributed by atoms with van der Waals surface area (Å²) in [6.07, 6.45) is -0.549. The smallest absolute Gasteiger partial charge is 0.260 e. The summed E-state index contributed by atoms with van der Waals surface area (Å²) >= 11 is 0. The molecule has 1 unspecified atom stereocenters. The maximum atomic E-state index is 12.1. The Morgan fingerprint density at radius 1 is 1.32 bits per heavy atom. The lowest BCUT2D eigenvalue weighted by Crippen LogP contribution is -2.48. The van der Waals surface area contributed by atoms with Crippen molar-refractivity contribution in [3.05, 3.63) is 29.3 Å². The summed E-state index contributed by atoms with van der Waals surface area (Å²) < 4.78 is 5.86. The molecule has 0 saturated carbocycles. The van der Waals surface area contributed by atoms with Crippen molar-refractivity contribution in [2.24, 2.45) is 5.73 Å². The number of amides is 1. The van der Waals surface area contributed by atoms with Crippen LogP contribution in [0.4, 0.5) is 0 Å². The van der Waals surface area contributed by atoms with E-state index in [0.29, 0.717) is 12.5 Å². The minimum absolute atomic E-state index is 0. The quantitative estimate of drug-likeness (QED) is 0.843. The number of aryl methyl sites for hydroxylation is 1. The van der Waals surface area contributed by atoms with E-state index in [0.717, 1.165) is 16.9 Å². The number of nitrogens with one attached hydrogen (secondary N) is 1. The third kappa shape index (κ3) is 6.67. The fourth-order valence-electron chi connectivity index (χ4n) is 1.92. The Hall–Kier alpha value is -1.26. The maximum Gasteiger partial charge on any atom is 0.260 e. The van der Waals surface area contributed by atoms with Gasteiger partial charge in [0, 0.05) is 12.1 Å². The number of ether oxygens (including phenoxy) is 1. The second kappa shape index (κ2) is 8.39. The third-order valence-corrected chi connectivity index (χ3v) is 3.18. The Kier molecular flexibility index (Phi) is 7.91. The number of nitrogens with two attached hydrogens (primary N) is 1. The van der Waals surface area contributed by atoms with Gasteiger partial charge in [0.05, 0.1) is 0 Å². The topological polar surface area (TPSA) is 64.3 Å². The summed E-state index contributed by atoms with van der Waals surface area (Å²) in [7, 11) is 0. The molecule has 0 fully saturated rings. The van der Waals surface area contributed by atoms with Gasteiger partial charge in [-0.2, -0.15) is 0 Å². The Bertz CT molecular complexity index is 496. The second-order valence-corrected chi connectivity index (χ2v) is 6.66. The lowest BCUT2D eigenvalue weighted by atomic mass is 10.0. The molecule has 0 bridgehead atoms. The highest BCUT2D eigenvalue weighted by Gasteiger charge is 2.19. The monoisotopic (exact) mass is 328 g/mol. The van der Waals surface area contributed by atoms with E-state index in [-0.39, 0.29) is 18.3 Å². The van der Waals surface area contributed by atoms with Crippen LogP contribution in [-0.4, -0.2) is 24.1 Å². The molecule has 1 amide bonds. The van der Waals surface area contributed by atoms with Crippen molar-refractivity contribution >= 4 is 18.3 Å². The minimum atomic E-state index is -0.549. The van der Waals surface area contributed by atoms with Crippen LogP contribution in [-0.2, 0) is 4.79 Å². The van der Waals surface area contributed by atoms with E-state index in [2.05, 4.69) is 31.3 Å². The van der Waals surface area contributed by atoms with E-state index in [4.69, 9.17) is 10.5 Å². The van der Waals surface area contributed by atoms with E-state index in [1.54, 1.807) is 6.92 Å². The van der Waals surface area contributed by atoms with Crippen LogP contribution in [0.25, 0.3) is 0 Å². The fraction of sp³-hybridized carbons (Fsp3) is 0.588. The highest BCUT2D eigenvalue weighted by Crippen LogP contribution is 2.28. The van der Waals surface area contributed by atoms with Crippen molar-refractivity contribution < 1.29 is 9.53 Å². The van der Waals surface area contributed by atoms with Crippen LogP contribution in [0.15, 0.2) is 18.2 Å². The van der Waals surface area contributed by atoms with Gasteiger partial charge < -0.3 is 15.8 Å². The van der Waals surface area contributed by atoms with Crippen molar-refractivity contribution in [1.29, 1.82) is 0 Å². The summed E-state index contributed by atoms with van der Waals surface area (Å²) in [5.74, 6) is 0.975. The van der Waals surface area contributed by atoms with Gasteiger partial charge in [0.15, 0.2) is 6.10 Å². The molecule has 3 N–H and O–H groups in total. The van der Waals surface area contributed by atoms with Crippen LogP contribution < -0.4 is 15.8 Å². The van der Waals surface area contributed by atoms with Gasteiger partial charge in [0.2, 0.25) is 0 Å². The maximum absolute atomic E-state index is 12.1. The molecule has 0 aliphatic carbocycles. The summed E-state index contributed by atoms with van der Waals surface area (Å²) in [4.78, 5) is 12.1. The molecule has 1 rings (SSSR count). The normalized spacial score (nSPS) is 12.5. The van der Waals surface area contributed by atoms with Crippen LogP contribution in [0.3, 0.4) is 0 Å². The zero-order valence-electron chi connectivity index (χ0n) is 14.4. The van der Waals surface area contributed by atoms with Gasteiger partial charge in [0.25, 0.3) is 5.91 Å². The predicted octanol–water partition coefficient (Wildman–Crippen LogP) is 3.16. The van der Waals surface area contributed by atoms with Gasteiger partial charge in [-0.1, -0.05) is 26.0 Å². The molecule has 0 saturated heterocycles. The molecule has 1 aromatic carbocycles. The lowest BCUT2D eigenvalue weighted by Gasteiger charge is -2.22. The second-order valence-electron chi connectivity index (χ2n) is 6.66. The molecule has 0 aliphatic rings. The Morgan fingerprint density at radius 2 is 1.91 bits per heavy atom. The first-order chi connectivity index (χ1) is 9.60. The SMILES string of the molecule is Cc1ccc(C(C)C)c(OC(C)C(=O)NCC(C)(C)N)c1.Cl. The van der Waals surface area contributed by atoms with Crippen molar-refractivity contribution in [2.45, 2.75) is 59.1 Å². The highest BCUT2D eigenvalue weighted by molar-refractivity contribution is 5.85. The van der Waals surface area contributed by atoms with Gasteiger partial charge in [-0.25, -0.2) is 0 Å². The minimum Gasteiger partial charge on any atom is -0.481 e. The van der Waals surface area contributed by atoms with Crippen molar-refractivity contribution in [2.75, 3.05) is 6.54 Å². The van der Waals surface area contributed by atoms with Gasteiger partial charge in [0.1, 0.15) is 5.75 Å². The molecule has 0 aliphatic heterocycles. The number of carbonyl (C=O) groups is 1. The molecule has 126 valence electrons.